The molecule has 3 heterocycles. The van der Waals surface area contributed by atoms with Gasteiger partial charge < -0.3 is 10.5 Å². The quantitative estimate of drug-likeness (QED) is 0.725. The van der Waals surface area contributed by atoms with Crippen LogP contribution in [0.1, 0.15) is 6.92 Å². The van der Waals surface area contributed by atoms with E-state index in [2.05, 4.69) is 40.8 Å². The fourth-order valence-corrected chi connectivity index (χ4v) is 2.04. The largest absolute Gasteiger partial charge is 0.476 e. The Balaban J connectivity index is 2.16. The highest BCUT2D eigenvalue weighted by molar-refractivity contribution is 9.10. The molecule has 106 valence electrons. The van der Waals surface area contributed by atoms with Gasteiger partial charge in [0, 0.05) is 11.8 Å². The Hall–Kier alpha value is -2.35. The summed E-state index contributed by atoms with van der Waals surface area (Å²) in [6, 6.07) is 3.73. The van der Waals surface area contributed by atoms with Crippen molar-refractivity contribution in [2.24, 2.45) is 0 Å². The van der Waals surface area contributed by atoms with Gasteiger partial charge in [-0.25, -0.2) is 15.0 Å². The second-order valence-corrected chi connectivity index (χ2v) is 4.93. The van der Waals surface area contributed by atoms with Crippen molar-refractivity contribution >= 4 is 33.0 Å². The summed E-state index contributed by atoms with van der Waals surface area (Å²) in [5.41, 5.74) is 8.02. The number of halogens is 1. The first-order valence-electron chi connectivity index (χ1n) is 6.22. The molecule has 0 aliphatic rings. The topological polar surface area (TPSA) is 99.7 Å². The molecule has 0 saturated carbocycles. The molecule has 0 fully saturated rings. The Morgan fingerprint density at radius 3 is 2.71 bits per heavy atom. The minimum atomic E-state index is 0.110. The third-order valence-corrected chi connectivity index (χ3v) is 3.17. The SMILES string of the molecule is CCOc1nc(N)nc2ncc(-c3ccc(Br)nc3)nc12. The lowest BCUT2D eigenvalue weighted by atomic mass is 10.2. The van der Waals surface area contributed by atoms with Gasteiger partial charge in [0.15, 0.2) is 11.2 Å². The summed E-state index contributed by atoms with van der Waals surface area (Å²) in [6.07, 6.45) is 3.33. The lowest BCUT2D eigenvalue weighted by Crippen LogP contribution is -2.04. The molecule has 0 atom stereocenters. The van der Waals surface area contributed by atoms with Crippen LogP contribution < -0.4 is 10.5 Å². The summed E-state index contributed by atoms with van der Waals surface area (Å²) in [4.78, 5) is 21.1. The maximum atomic E-state index is 5.64. The molecule has 0 bridgehead atoms. The Labute approximate surface area is 128 Å². The zero-order valence-corrected chi connectivity index (χ0v) is 12.7. The summed E-state index contributed by atoms with van der Waals surface area (Å²) in [6.45, 7) is 2.32. The highest BCUT2D eigenvalue weighted by Gasteiger charge is 2.12. The van der Waals surface area contributed by atoms with Crippen molar-refractivity contribution in [2.75, 3.05) is 12.3 Å². The van der Waals surface area contributed by atoms with Gasteiger partial charge >= 0.3 is 0 Å². The fourth-order valence-electron chi connectivity index (χ4n) is 1.80. The molecule has 3 aromatic heterocycles. The Morgan fingerprint density at radius 2 is 2.00 bits per heavy atom. The van der Waals surface area contributed by atoms with Crippen molar-refractivity contribution in [3.8, 4) is 17.1 Å². The molecule has 0 spiro atoms. The van der Waals surface area contributed by atoms with Crippen LogP contribution in [-0.2, 0) is 0 Å². The molecule has 3 rings (SSSR count). The van der Waals surface area contributed by atoms with Crippen LogP contribution in [0.2, 0.25) is 0 Å². The van der Waals surface area contributed by atoms with E-state index in [1.807, 2.05) is 19.1 Å². The predicted octanol–water partition coefficient (Wildman–Crippen LogP) is 2.23. The number of ether oxygens (including phenoxy) is 1. The summed E-state index contributed by atoms with van der Waals surface area (Å²) < 4.78 is 6.21. The molecule has 7 nitrogen and oxygen atoms in total. The van der Waals surface area contributed by atoms with Gasteiger partial charge in [-0.15, -0.1) is 0 Å². The molecule has 0 aromatic carbocycles. The van der Waals surface area contributed by atoms with Gasteiger partial charge in [-0.1, -0.05) is 0 Å². The number of nitrogens with two attached hydrogens (primary N) is 1. The standard InChI is InChI=1S/C13H11BrN6O/c1-2-21-12-10-11(19-13(15)20-12)17-6-8(18-10)7-3-4-9(14)16-5-7/h3-6H,2H2,1H3,(H2,15,17,19,20). The van der Waals surface area contributed by atoms with E-state index in [4.69, 9.17) is 10.5 Å². The molecule has 0 aliphatic heterocycles. The lowest BCUT2D eigenvalue weighted by Gasteiger charge is -2.07. The highest BCUT2D eigenvalue weighted by atomic mass is 79.9. The number of pyridine rings is 1. The molecule has 3 aromatic rings. The molecule has 0 radical (unpaired) electrons. The van der Waals surface area contributed by atoms with E-state index in [-0.39, 0.29) is 5.95 Å². The van der Waals surface area contributed by atoms with Crippen molar-refractivity contribution in [1.82, 2.24) is 24.9 Å². The van der Waals surface area contributed by atoms with Crippen molar-refractivity contribution < 1.29 is 4.74 Å². The van der Waals surface area contributed by atoms with Gasteiger partial charge in [0.25, 0.3) is 0 Å². The van der Waals surface area contributed by atoms with E-state index < -0.39 is 0 Å². The number of nitrogen functional groups attached to an aromatic ring is 1. The Kier molecular flexibility index (Phi) is 3.61. The minimum Gasteiger partial charge on any atom is -0.476 e. The number of aromatic nitrogens is 5. The zero-order valence-electron chi connectivity index (χ0n) is 11.1. The molecule has 21 heavy (non-hydrogen) atoms. The third kappa shape index (κ3) is 2.75. The number of fused-ring (bicyclic) bond motifs is 1. The van der Waals surface area contributed by atoms with E-state index in [9.17, 15) is 0 Å². The monoisotopic (exact) mass is 346 g/mol. The molecule has 0 saturated heterocycles. The average molecular weight is 347 g/mol. The normalized spacial score (nSPS) is 10.8. The highest BCUT2D eigenvalue weighted by Crippen LogP contribution is 2.24. The molecule has 0 amide bonds. The summed E-state index contributed by atoms with van der Waals surface area (Å²) in [5, 5.41) is 0. The van der Waals surface area contributed by atoms with Gasteiger partial charge in [0.1, 0.15) is 4.60 Å². The van der Waals surface area contributed by atoms with Crippen molar-refractivity contribution in [2.45, 2.75) is 6.92 Å². The summed E-state index contributed by atoms with van der Waals surface area (Å²) in [7, 11) is 0. The first kappa shape index (κ1) is 13.6. The van der Waals surface area contributed by atoms with Crippen LogP contribution in [0.5, 0.6) is 5.88 Å². The minimum absolute atomic E-state index is 0.110. The maximum absolute atomic E-state index is 5.64. The van der Waals surface area contributed by atoms with E-state index in [0.717, 1.165) is 10.2 Å². The summed E-state index contributed by atoms with van der Waals surface area (Å²) >= 11 is 3.30. The first-order chi connectivity index (χ1) is 10.2. The van der Waals surface area contributed by atoms with Gasteiger partial charge in [-0.3, -0.25) is 0 Å². The molecule has 0 aliphatic carbocycles. The van der Waals surface area contributed by atoms with Gasteiger partial charge in [0.2, 0.25) is 11.8 Å². The van der Waals surface area contributed by atoms with E-state index in [1.165, 1.54) is 0 Å². The number of hydrogen-bond acceptors (Lipinski definition) is 7. The van der Waals surface area contributed by atoms with Crippen molar-refractivity contribution in [3.63, 3.8) is 0 Å². The van der Waals surface area contributed by atoms with Crippen molar-refractivity contribution in [1.29, 1.82) is 0 Å². The number of rotatable bonds is 3. The van der Waals surface area contributed by atoms with Crippen LogP contribution in [0.3, 0.4) is 0 Å². The van der Waals surface area contributed by atoms with Crippen LogP contribution in [0.4, 0.5) is 5.95 Å². The number of nitrogens with zero attached hydrogens (tertiary/aromatic N) is 5. The fraction of sp³-hybridized carbons (Fsp3) is 0.154. The van der Waals surface area contributed by atoms with Crippen LogP contribution in [0.25, 0.3) is 22.4 Å². The first-order valence-corrected chi connectivity index (χ1v) is 7.01. The van der Waals surface area contributed by atoms with Crippen LogP contribution in [-0.4, -0.2) is 31.5 Å². The van der Waals surface area contributed by atoms with Crippen LogP contribution in [0.15, 0.2) is 29.1 Å². The van der Waals surface area contributed by atoms with Crippen LogP contribution in [0, 0.1) is 0 Å². The Morgan fingerprint density at radius 1 is 1.14 bits per heavy atom. The smallest absolute Gasteiger partial charge is 0.247 e. The summed E-state index contributed by atoms with van der Waals surface area (Å²) in [5.74, 6) is 0.442. The predicted molar refractivity (Wildman–Crippen MR) is 81.6 cm³/mol. The lowest BCUT2D eigenvalue weighted by molar-refractivity contribution is 0.330. The maximum Gasteiger partial charge on any atom is 0.247 e. The van der Waals surface area contributed by atoms with Crippen molar-refractivity contribution in [3.05, 3.63) is 29.1 Å². The van der Waals surface area contributed by atoms with E-state index in [1.54, 1.807) is 12.4 Å². The molecular formula is C13H11BrN6O. The van der Waals surface area contributed by atoms with E-state index in [0.29, 0.717) is 29.3 Å². The Bertz CT molecular complexity index is 793. The van der Waals surface area contributed by atoms with Gasteiger partial charge in [0.05, 0.1) is 18.5 Å². The third-order valence-electron chi connectivity index (χ3n) is 2.70. The van der Waals surface area contributed by atoms with Gasteiger partial charge in [-0.05, 0) is 35.0 Å². The second kappa shape index (κ2) is 5.57. The number of hydrogen-bond donors (Lipinski definition) is 1. The number of anilines is 1. The molecule has 8 heteroatoms. The second-order valence-electron chi connectivity index (χ2n) is 4.12. The average Bonchev–Trinajstić information content (AvgIpc) is 2.48. The van der Waals surface area contributed by atoms with Gasteiger partial charge in [-0.2, -0.15) is 9.97 Å². The molecule has 0 unspecified atom stereocenters. The van der Waals surface area contributed by atoms with Crippen LogP contribution >= 0.6 is 15.9 Å². The molecular weight excluding hydrogens is 336 g/mol. The zero-order chi connectivity index (χ0) is 14.8. The molecule has 2 N–H and O–H groups in total. The van der Waals surface area contributed by atoms with E-state index >= 15 is 0 Å².